The number of carbonyl (C=O) groups is 1. The third-order valence-corrected chi connectivity index (χ3v) is 4.40. The number of amides is 1. The molecule has 23 heavy (non-hydrogen) atoms. The van der Waals surface area contributed by atoms with Gasteiger partial charge in [-0.1, -0.05) is 24.4 Å². The highest BCUT2D eigenvalue weighted by molar-refractivity contribution is 6.30. The minimum Gasteiger partial charge on any atom is -0.381 e. The molecule has 4 nitrogen and oxygen atoms in total. The normalized spacial score (nSPS) is 14.7. The number of aromatic nitrogens is 1. The second-order valence-corrected chi connectivity index (χ2v) is 6.44. The molecule has 0 aliphatic heterocycles. The second-order valence-electron chi connectivity index (χ2n) is 6.00. The van der Waals surface area contributed by atoms with E-state index in [2.05, 4.69) is 15.6 Å². The van der Waals surface area contributed by atoms with Crippen LogP contribution in [0.5, 0.6) is 0 Å². The van der Waals surface area contributed by atoms with E-state index in [9.17, 15) is 4.79 Å². The standard InChI is InChI=1S/C18H20ClN3O/c1-12-8-14(19)6-7-17(12)22-18(23)13-9-16(11-20-10-13)21-15-4-2-3-5-15/h6-11,15,21H,2-5H2,1H3,(H,22,23). The quantitative estimate of drug-likeness (QED) is 0.858. The van der Waals surface area contributed by atoms with E-state index in [1.54, 1.807) is 18.5 Å². The molecule has 2 N–H and O–H groups in total. The lowest BCUT2D eigenvalue weighted by atomic mass is 10.1. The Balaban J connectivity index is 1.71. The zero-order valence-corrected chi connectivity index (χ0v) is 13.9. The van der Waals surface area contributed by atoms with Crippen LogP contribution < -0.4 is 10.6 Å². The molecule has 1 aromatic carbocycles. The highest BCUT2D eigenvalue weighted by Gasteiger charge is 2.15. The molecule has 1 saturated carbocycles. The average molecular weight is 330 g/mol. The van der Waals surface area contributed by atoms with Crippen molar-refractivity contribution in [3.05, 3.63) is 52.8 Å². The summed E-state index contributed by atoms with van der Waals surface area (Å²) in [7, 11) is 0. The van der Waals surface area contributed by atoms with Crippen LogP contribution in [0.25, 0.3) is 0 Å². The maximum atomic E-state index is 12.4. The Bertz CT molecular complexity index is 711. The van der Waals surface area contributed by atoms with Gasteiger partial charge in [0.1, 0.15) is 0 Å². The van der Waals surface area contributed by atoms with Crippen molar-refractivity contribution in [3.8, 4) is 0 Å². The van der Waals surface area contributed by atoms with E-state index >= 15 is 0 Å². The number of anilines is 2. The Kier molecular flexibility index (Phi) is 4.82. The number of hydrogen-bond donors (Lipinski definition) is 2. The molecule has 120 valence electrons. The number of pyridine rings is 1. The Morgan fingerprint density at radius 2 is 2.00 bits per heavy atom. The van der Waals surface area contributed by atoms with Gasteiger partial charge in [-0.3, -0.25) is 9.78 Å². The van der Waals surface area contributed by atoms with Gasteiger partial charge in [-0.25, -0.2) is 0 Å². The van der Waals surface area contributed by atoms with E-state index in [1.807, 2.05) is 25.1 Å². The summed E-state index contributed by atoms with van der Waals surface area (Å²) in [5.74, 6) is -0.169. The van der Waals surface area contributed by atoms with Gasteiger partial charge in [-0.15, -0.1) is 0 Å². The maximum absolute atomic E-state index is 12.4. The number of aryl methyl sites for hydroxylation is 1. The Morgan fingerprint density at radius 3 is 2.74 bits per heavy atom. The smallest absolute Gasteiger partial charge is 0.257 e. The summed E-state index contributed by atoms with van der Waals surface area (Å²) in [6.07, 6.45) is 8.24. The summed E-state index contributed by atoms with van der Waals surface area (Å²) in [6.45, 7) is 1.91. The van der Waals surface area contributed by atoms with Crippen LogP contribution in [0.2, 0.25) is 5.02 Å². The van der Waals surface area contributed by atoms with Gasteiger partial charge in [0, 0.05) is 29.1 Å². The van der Waals surface area contributed by atoms with E-state index in [0.29, 0.717) is 16.6 Å². The SMILES string of the molecule is Cc1cc(Cl)ccc1NC(=O)c1cncc(NC2CCCC2)c1. The second kappa shape index (κ2) is 7.01. The van der Waals surface area contributed by atoms with Crippen molar-refractivity contribution in [1.29, 1.82) is 0 Å². The van der Waals surface area contributed by atoms with Crippen LogP contribution >= 0.6 is 11.6 Å². The Morgan fingerprint density at radius 1 is 1.22 bits per heavy atom. The first-order chi connectivity index (χ1) is 11.1. The third-order valence-electron chi connectivity index (χ3n) is 4.16. The first-order valence-electron chi connectivity index (χ1n) is 7.91. The molecule has 1 amide bonds. The first kappa shape index (κ1) is 15.8. The predicted molar refractivity (Wildman–Crippen MR) is 94.3 cm³/mol. The lowest BCUT2D eigenvalue weighted by Crippen LogP contribution is -2.17. The number of carbonyl (C=O) groups excluding carboxylic acids is 1. The van der Waals surface area contributed by atoms with Crippen molar-refractivity contribution in [3.63, 3.8) is 0 Å². The molecule has 0 unspecified atom stereocenters. The molecule has 1 aromatic heterocycles. The minimum absolute atomic E-state index is 0.169. The van der Waals surface area contributed by atoms with Crippen LogP contribution in [-0.2, 0) is 0 Å². The van der Waals surface area contributed by atoms with Gasteiger partial charge >= 0.3 is 0 Å². The zero-order chi connectivity index (χ0) is 16.2. The van der Waals surface area contributed by atoms with E-state index in [1.165, 1.54) is 25.7 Å². The van der Waals surface area contributed by atoms with E-state index in [4.69, 9.17) is 11.6 Å². The van der Waals surface area contributed by atoms with Crippen molar-refractivity contribution >= 4 is 28.9 Å². The summed E-state index contributed by atoms with van der Waals surface area (Å²) in [5.41, 5.74) is 3.13. The molecule has 0 bridgehead atoms. The Labute approximate surface area is 141 Å². The lowest BCUT2D eigenvalue weighted by Gasteiger charge is -2.14. The third kappa shape index (κ3) is 4.02. The topological polar surface area (TPSA) is 54.0 Å². The van der Waals surface area contributed by atoms with E-state index < -0.39 is 0 Å². The summed E-state index contributed by atoms with van der Waals surface area (Å²) in [5, 5.41) is 7.03. The predicted octanol–water partition coefficient (Wildman–Crippen LogP) is 4.65. The summed E-state index contributed by atoms with van der Waals surface area (Å²) < 4.78 is 0. The zero-order valence-electron chi connectivity index (χ0n) is 13.1. The van der Waals surface area contributed by atoms with Crippen molar-refractivity contribution in [2.45, 2.75) is 38.6 Å². The van der Waals surface area contributed by atoms with Gasteiger partial charge in [0.05, 0.1) is 11.3 Å². The fourth-order valence-corrected chi connectivity index (χ4v) is 3.14. The largest absolute Gasteiger partial charge is 0.381 e. The van der Waals surface area contributed by atoms with Crippen LogP contribution in [0.3, 0.4) is 0 Å². The molecule has 3 rings (SSSR count). The van der Waals surface area contributed by atoms with Crippen molar-refractivity contribution < 1.29 is 4.79 Å². The maximum Gasteiger partial charge on any atom is 0.257 e. The first-order valence-corrected chi connectivity index (χ1v) is 8.29. The molecule has 0 atom stereocenters. The molecule has 0 radical (unpaired) electrons. The van der Waals surface area contributed by atoms with Crippen LogP contribution in [-0.4, -0.2) is 16.9 Å². The summed E-state index contributed by atoms with van der Waals surface area (Å²) >= 11 is 5.94. The molecule has 2 aromatic rings. The van der Waals surface area contributed by atoms with E-state index in [-0.39, 0.29) is 5.91 Å². The molecule has 0 spiro atoms. The van der Waals surface area contributed by atoms with Crippen molar-refractivity contribution in [1.82, 2.24) is 4.98 Å². The molecule has 1 heterocycles. The lowest BCUT2D eigenvalue weighted by molar-refractivity contribution is 0.102. The number of rotatable bonds is 4. The number of nitrogens with one attached hydrogen (secondary N) is 2. The number of hydrogen-bond acceptors (Lipinski definition) is 3. The van der Waals surface area contributed by atoms with Gasteiger partial charge in [0.25, 0.3) is 5.91 Å². The van der Waals surface area contributed by atoms with E-state index in [0.717, 1.165) is 16.9 Å². The molecule has 1 fully saturated rings. The monoisotopic (exact) mass is 329 g/mol. The highest BCUT2D eigenvalue weighted by atomic mass is 35.5. The molecular weight excluding hydrogens is 310 g/mol. The fraction of sp³-hybridized carbons (Fsp3) is 0.333. The van der Waals surface area contributed by atoms with Crippen LogP contribution in [0, 0.1) is 6.92 Å². The van der Waals surface area contributed by atoms with Crippen LogP contribution in [0.1, 0.15) is 41.6 Å². The van der Waals surface area contributed by atoms with Crippen molar-refractivity contribution in [2.75, 3.05) is 10.6 Å². The summed E-state index contributed by atoms with van der Waals surface area (Å²) in [6, 6.07) is 7.75. The van der Waals surface area contributed by atoms with Gasteiger partial charge in [0.15, 0.2) is 0 Å². The average Bonchev–Trinajstić information content (AvgIpc) is 3.03. The highest BCUT2D eigenvalue weighted by Crippen LogP contribution is 2.23. The molecule has 1 aliphatic rings. The fourth-order valence-electron chi connectivity index (χ4n) is 2.91. The Hall–Kier alpha value is -2.07. The molecule has 5 heteroatoms. The van der Waals surface area contributed by atoms with Crippen LogP contribution in [0.15, 0.2) is 36.7 Å². The van der Waals surface area contributed by atoms with Gasteiger partial charge in [-0.2, -0.15) is 0 Å². The molecule has 1 aliphatic carbocycles. The minimum atomic E-state index is -0.169. The number of benzene rings is 1. The molecular formula is C18H20ClN3O. The number of nitrogens with zero attached hydrogens (tertiary/aromatic N) is 1. The van der Waals surface area contributed by atoms with Crippen LogP contribution in [0.4, 0.5) is 11.4 Å². The van der Waals surface area contributed by atoms with Gasteiger partial charge in [0.2, 0.25) is 0 Å². The number of halogens is 1. The van der Waals surface area contributed by atoms with Gasteiger partial charge in [-0.05, 0) is 49.6 Å². The van der Waals surface area contributed by atoms with Gasteiger partial charge < -0.3 is 10.6 Å². The summed E-state index contributed by atoms with van der Waals surface area (Å²) in [4.78, 5) is 16.6. The van der Waals surface area contributed by atoms with Crippen molar-refractivity contribution in [2.24, 2.45) is 0 Å². The molecule has 0 saturated heterocycles.